The molecule has 4 rings (SSSR count). The summed E-state index contributed by atoms with van der Waals surface area (Å²) in [7, 11) is 0. The molecule has 0 aliphatic carbocycles. The molecule has 0 fully saturated rings. The summed E-state index contributed by atoms with van der Waals surface area (Å²) < 4.78 is 26.7. The van der Waals surface area contributed by atoms with E-state index in [1.807, 2.05) is 30.3 Å². The molecule has 4 aromatic rings. The maximum absolute atomic E-state index is 13.4. The van der Waals surface area contributed by atoms with Crippen LogP contribution < -0.4 is 11.1 Å². The van der Waals surface area contributed by atoms with Crippen LogP contribution in [0.25, 0.3) is 22.3 Å². The van der Waals surface area contributed by atoms with E-state index in [4.69, 9.17) is 10.8 Å². The van der Waals surface area contributed by atoms with Crippen molar-refractivity contribution in [2.24, 2.45) is 16.6 Å². The van der Waals surface area contributed by atoms with Gasteiger partial charge in [0.05, 0.1) is 24.0 Å². The number of rotatable bonds is 15. The lowest BCUT2D eigenvalue weighted by atomic mass is 9.82. The predicted molar refractivity (Wildman–Crippen MR) is 194 cm³/mol. The SMILES string of the molecule is C[C@@](CO)(C[C@@H](Cc1ccc(-c2cccc(F)c2)cc1)NC(=O)C(=O)O)C(=O)O.C[C@@](CO)(C[C@H](N)Cc1ccc(-c2cccc(F)c2)cc1)C(=O)O. The highest BCUT2D eigenvalue weighted by atomic mass is 19.1. The number of benzene rings is 4. The number of aliphatic carboxylic acids is 3. The molecule has 8 N–H and O–H groups in total. The van der Waals surface area contributed by atoms with Crippen LogP contribution in [0.3, 0.4) is 0 Å². The highest BCUT2D eigenvalue weighted by Gasteiger charge is 2.36. The van der Waals surface area contributed by atoms with Gasteiger partial charge in [-0.25, -0.2) is 13.6 Å². The summed E-state index contributed by atoms with van der Waals surface area (Å²) in [6.07, 6.45) is 0.686. The zero-order chi connectivity index (χ0) is 39.3. The van der Waals surface area contributed by atoms with Crippen molar-refractivity contribution in [3.05, 3.63) is 120 Å². The van der Waals surface area contributed by atoms with Gasteiger partial charge in [0.25, 0.3) is 0 Å². The molecule has 0 saturated heterocycles. The van der Waals surface area contributed by atoms with Crippen molar-refractivity contribution in [3.8, 4) is 22.3 Å². The molecule has 0 radical (unpaired) electrons. The van der Waals surface area contributed by atoms with Crippen LogP contribution in [0, 0.1) is 22.5 Å². The van der Waals surface area contributed by atoms with Gasteiger partial charge >= 0.3 is 23.8 Å². The number of nitrogens with two attached hydrogens (primary N) is 1. The maximum Gasteiger partial charge on any atom is 0.394 e. The number of hydrogen-bond donors (Lipinski definition) is 7. The van der Waals surface area contributed by atoms with E-state index in [1.54, 1.807) is 42.5 Å². The lowest BCUT2D eigenvalue weighted by molar-refractivity contribution is -0.153. The van der Waals surface area contributed by atoms with Crippen LogP contribution in [-0.2, 0) is 32.0 Å². The highest BCUT2D eigenvalue weighted by Crippen LogP contribution is 2.27. The smallest absolute Gasteiger partial charge is 0.394 e. The lowest BCUT2D eigenvalue weighted by Gasteiger charge is -2.28. The van der Waals surface area contributed by atoms with E-state index in [2.05, 4.69) is 5.32 Å². The molecule has 13 heteroatoms. The number of carboxylic acid groups (broad SMARTS) is 3. The van der Waals surface area contributed by atoms with E-state index in [0.29, 0.717) is 17.5 Å². The molecule has 0 spiro atoms. The number of hydrogen-bond acceptors (Lipinski definition) is 7. The third-order valence-corrected chi connectivity index (χ3v) is 8.87. The molecule has 53 heavy (non-hydrogen) atoms. The van der Waals surface area contributed by atoms with Crippen molar-refractivity contribution in [1.29, 1.82) is 0 Å². The minimum absolute atomic E-state index is 0.158. The number of halogens is 2. The van der Waals surface area contributed by atoms with Gasteiger partial charge in [0.15, 0.2) is 0 Å². The molecule has 0 unspecified atom stereocenters. The number of aliphatic hydroxyl groups is 2. The quantitative estimate of drug-likeness (QED) is 0.0821. The van der Waals surface area contributed by atoms with Crippen LogP contribution >= 0.6 is 0 Å². The summed E-state index contributed by atoms with van der Waals surface area (Å²) in [4.78, 5) is 45.2. The van der Waals surface area contributed by atoms with Gasteiger partial charge in [0.2, 0.25) is 0 Å². The molecular weight excluding hydrogens is 690 g/mol. The molecule has 4 aromatic carbocycles. The van der Waals surface area contributed by atoms with Crippen molar-refractivity contribution in [2.45, 2.75) is 51.6 Å². The number of aliphatic hydroxyl groups excluding tert-OH is 2. The Hall–Kier alpha value is -5.50. The largest absolute Gasteiger partial charge is 0.481 e. The van der Waals surface area contributed by atoms with Crippen LogP contribution in [0.1, 0.15) is 37.8 Å². The molecule has 0 saturated carbocycles. The summed E-state index contributed by atoms with van der Waals surface area (Å²) in [6, 6.07) is 25.8. The van der Waals surface area contributed by atoms with E-state index in [-0.39, 0.29) is 36.9 Å². The summed E-state index contributed by atoms with van der Waals surface area (Å²) >= 11 is 0. The predicted octanol–water partition coefficient (Wildman–Crippen LogP) is 4.91. The average Bonchev–Trinajstić information content (AvgIpc) is 3.12. The second-order valence-corrected chi connectivity index (χ2v) is 13.5. The zero-order valence-corrected chi connectivity index (χ0v) is 29.3. The van der Waals surface area contributed by atoms with Gasteiger partial charge in [-0.05, 0) is 97.2 Å². The Labute approximate surface area is 305 Å². The van der Waals surface area contributed by atoms with Crippen molar-refractivity contribution in [1.82, 2.24) is 5.32 Å². The van der Waals surface area contributed by atoms with Crippen molar-refractivity contribution in [3.63, 3.8) is 0 Å². The minimum atomic E-state index is -1.68. The molecule has 0 aromatic heterocycles. The average molecular weight is 735 g/mol. The van der Waals surface area contributed by atoms with E-state index < -0.39 is 53.9 Å². The first-order valence-electron chi connectivity index (χ1n) is 16.7. The Balaban J connectivity index is 0.000000290. The molecular formula is C40H44F2N2O9. The van der Waals surface area contributed by atoms with Gasteiger partial charge in [-0.15, -0.1) is 0 Å². The maximum atomic E-state index is 13.4. The van der Waals surface area contributed by atoms with Crippen LogP contribution in [0.4, 0.5) is 8.78 Å². The van der Waals surface area contributed by atoms with Crippen molar-refractivity contribution >= 4 is 23.8 Å². The third kappa shape index (κ3) is 12.3. The number of carbonyl (C=O) groups is 4. The summed E-state index contributed by atoms with van der Waals surface area (Å²) in [6.45, 7) is 1.69. The first kappa shape index (κ1) is 41.9. The zero-order valence-electron chi connectivity index (χ0n) is 29.3. The fraction of sp³-hybridized carbons (Fsp3) is 0.300. The Morgan fingerprint density at radius 3 is 1.43 bits per heavy atom. The second kappa shape index (κ2) is 18.8. The molecule has 0 heterocycles. The second-order valence-electron chi connectivity index (χ2n) is 13.5. The molecule has 4 atom stereocenters. The number of carboxylic acids is 3. The van der Waals surface area contributed by atoms with Crippen molar-refractivity contribution < 1.29 is 53.5 Å². The van der Waals surface area contributed by atoms with Gasteiger partial charge in [-0.2, -0.15) is 0 Å². The molecule has 282 valence electrons. The van der Waals surface area contributed by atoms with Gasteiger partial charge in [-0.3, -0.25) is 14.4 Å². The summed E-state index contributed by atoms with van der Waals surface area (Å²) in [5.41, 5.74) is 8.10. The van der Waals surface area contributed by atoms with E-state index in [9.17, 15) is 48.4 Å². The van der Waals surface area contributed by atoms with Crippen LogP contribution in [-0.4, -0.2) is 74.6 Å². The molecule has 11 nitrogen and oxygen atoms in total. The molecule has 0 bridgehead atoms. The number of carbonyl (C=O) groups excluding carboxylic acids is 1. The lowest BCUT2D eigenvalue weighted by Crippen LogP contribution is -2.46. The highest BCUT2D eigenvalue weighted by molar-refractivity contribution is 6.31. The molecule has 0 aliphatic heterocycles. The fourth-order valence-electron chi connectivity index (χ4n) is 5.64. The van der Waals surface area contributed by atoms with Gasteiger partial charge in [-0.1, -0.05) is 72.8 Å². The van der Waals surface area contributed by atoms with Crippen LogP contribution in [0.5, 0.6) is 0 Å². The van der Waals surface area contributed by atoms with E-state index in [1.165, 1.54) is 38.1 Å². The van der Waals surface area contributed by atoms with Crippen molar-refractivity contribution in [2.75, 3.05) is 13.2 Å². The topological polar surface area (TPSA) is 207 Å². The first-order valence-corrected chi connectivity index (χ1v) is 16.7. The molecule has 0 aliphatic rings. The van der Waals surface area contributed by atoms with E-state index in [0.717, 1.165) is 22.3 Å². The van der Waals surface area contributed by atoms with Crippen LogP contribution in [0.2, 0.25) is 0 Å². The normalized spacial score (nSPS) is 14.3. The van der Waals surface area contributed by atoms with Crippen LogP contribution in [0.15, 0.2) is 97.1 Å². The van der Waals surface area contributed by atoms with E-state index >= 15 is 0 Å². The Morgan fingerprint density at radius 1 is 0.642 bits per heavy atom. The number of amides is 1. The third-order valence-electron chi connectivity index (χ3n) is 8.87. The van der Waals surface area contributed by atoms with Gasteiger partial charge in [0, 0.05) is 12.1 Å². The minimum Gasteiger partial charge on any atom is -0.481 e. The number of nitrogens with one attached hydrogen (secondary N) is 1. The molecule has 1 amide bonds. The van der Waals surface area contributed by atoms with Gasteiger partial charge in [0.1, 0.15) is 11.6 Å². The van der Waals surface area contributed by atoms with Gasteiger partial charge < -0.3 is 36.6 Å². The first-order chi connectivity index (χ1) is 25.0. The monoisotopic (exact) mass is 734 g/mol. The standard InChI is InChI=1S/C21H22FNO6.C19H22FNO3/c1-21(12-24,20(28)29)11-17(23-18(25)19(26)27)9-13-5-7-14(8-6-13)15-3-2-4-16(22)10-15;1-19(12-22,18(23)24)11-17(21)9-13-5-7-14(8-6-13)15-3-2-4-16(20)10-15/h2-8,10,17,24H,9,11-12H2,1H3,(H,23,25)(H,26,27)(H,28,29);2-8,10,17,22H,9,11-12,21H2,1H3,(H,23,24)/t17-,21+;17-,19+/m11/s1. The summed E-state index contributed by atoms with van der Waals surface area (Å²) in [5.74, 6) is -5.89. The Morgan fingerprint density at radius 2 is 1.06 bits per heavy atom. The Bertz CT molecular complexity index is 1870. The fourth-order valence-corrected chi connectivity index (χ4v) is 5.64. The Kier molecular flexibility index (Phi) is 14.9. The summed E-state index contributed by atoms with van der Waals surface area (Å²) in [5, 5.41) is 48.4.